The molecule has 1 saturated carbocycles. The number of carbonyl (C=O) groups excluding carboxylic acids is 2. The van der Waals surface area contributed by atoms with Crippen LogP contribution in [0.3, 0.4) is 0 Å². The van der Waals surface area contributed by atoms with Crippen molar-refractivity contribution < 1.29 is 19.1 Å². The zero-order valence-electron chi connectivity index (χ0n) is 14.4. The monoisotopic (exact) mass is 334 g/mol. The van der Waals surface area contributed by atoms with Gasteiger partial charge in [0.1, 0.15) is 0 Å². The SMILES string of the molecule is CCCCOc1ccc(C(=O)NCCNC(=O)C2CC2)cc1OC. The number of unbranched alkanes of at least 4 members (excludes halogenated alkanes) is 1. The molecule has 2 N–H and O–H groups in total. The van der Waals surface area contributed by atoms with E-state index < -0.39 is 0 Å². The molecule has 24 heavy (non-hydrogen) atoms. The van der Waals surface area contributed by atoms with Gasteiger partial charge in [-0.05, 0) is 37.5 Å². The van der Waals surface area contributed by atoms with Crippen LogP contribution in [0.1, 0.15) is 43.0 Å². The van der Waals surface area contributed by atoms with E-state index >= 15 is 0 Å². The molecule has 1 aromatic carbocycles. The van der Waals surface area contributed by atoms with Gasteiger partial charge in [0.25, 0.3) is 5.91 Å². The number of ether oxygens (including phenoxy) is 2. The summed E-state index contributed by atoms with van der Waals surface area (Å²) in [5.41, 5.74) is 0.503. The van der Waals surface area contributed by atoms with Crippen molar-refractivity contribution in [3.8, 4) is 11.5 Å². The lowest BCUT2D eigenvalue weighted by Gasteiger charge is -2.12. The molecule has 2 amide bonds. The summed E-state index contributed by atoms with van der Waals surface area (Å²) < 4.78 is 10.9. The normalized spacial score (nSPS) is 13.2. The van der Waals surface area contributed by atoms with Gasteiger partial charge in [-0.15, -0.1) is 0 Å². The summed E-state index contributed by atoms with van der Waals surface area (Å²) in [6.07, 6.45) is 3.98. The lowest BCUT2D eigenvalue weighted by molar-refractivity contribution is -0.122. The molecule has 6 heteroatoms. The highest BCUT2D eigenvalue weighted by atomic mass is 16.5. The molecule has 0 atom stereocenters. The van der Waals surface area contributed by atoms with E-state index in [0.717, 1.165) is 25.7 Å². The predicted octanol–water partition coefficient (Wildman–Crippen LogP) is 2.13. The summed E-state index contributed by atoms with van der Waals surface area (Å²) in [5.74, 6) is 1.25. The summed E-state index contributed by atoms with van der Waals surface area (Å²) >= 11 is 0. The van der Waals surface area contributed by atoms with Crippen LogP contribution in [0.25, 0.3) is 0 Å². The standard InChI is InChI=1S/C18H26N2O4/c1-3-4-11-24-15-8-7-14(12-16(15)23-2)18(22)20-10-9-19-17(21)13-5-6-13/h7-8,12-13H,3-6,9-11H2,1-2H3,(H,19,21)(H,20,22). The van der Waals surface area contributed by atoms with E-state index in [-0.39, 0.29) is 17.7 Å². The highest BCUT2D eigenvalue weighted by Gasteiger charge is 2.29. The molecule has 0 unspecified atom stereocenters. The minimum Gasteiger partial charge on any atom is -0.493 e. The van der Waals surface area contributed by atoms with Crippen LogP contribution >= 0.6 is 0 Å². The van der Waals surface area contributed by atoms with Gasteiger partial charge in [0, 0.05) is 24.6 Å². The summed E-state index contributed by atoms with van der Waals surface area (Å²) in [5, 5.41) is 5.60. The van der Waals surface area contributed by atoms with Crippen LogP contribution in [0.15, 0.2) is 18.2 Å². The molecule has 0 aromatic heterocycles. The maximum atomic E-state index is 12.2. The van der Waals surface area contributed by atoms with Gasteiger partial charge >= 0.3 is 0 Å². The van der Waals surface area contributed by atoms with Crippen molar-refractivity contribution in [1.82, 2.24) is 10.6 Å². The average molecular weight is 334 g/mol. The number of carbonyl (C=O) groups is 2. The number of amides is 2. The van der Waals surface area contributed by atoms with Crippen LogP contribution in [-0.4, -0.2) is 38.6 Å². The maximum Gasteiger partial charge on any atom is 0.251 e. The second-order valence-electron chi connectivity index (χ2n) is 5.89. The van der Waals surface area contributed by atoms with Crippen molar-refractivity contribution in [3.63, 3.8) is 0 Å². The van der Waals surface area contributed by atoms with Gasteiger partial charge in [-0.1, -0.05) is 13.3 Å². The summed E-state index contributed by atoms with van der Waals surface area (Å²) in [7, 11) is 1.55. The Hall–Kier alpha value is -2.24. The molecule has 1 aliphatic rings. The topological polar surface area (TPSA) is 76.7 Å². The van der Waals surface area contributed by atoms with Crippen LogP contribution in [-0.2, 0) is 4.79 Å². The Morgan fingerprint density at radius 1 is 1.17 bits per heavy atom. The zero-order chi connectivity index (χ0) is 17.4. The first-order valence-corrected chi connectivity index (χ1v) is 8.52. The molecule has 6 nitrogen and oxygen atoms in total. The molecule has 0 heterocycles. The second kappa shape index (κ2) is 9.15. The lowest BCUT2D eigenvalue weighted by Crippen LogP contribution is -2.35. The summed E-state index contributed by atoms with van der Waals surface area (Å²) in [6.45, 7) is 3.56. The molecule has 0 spiro atoms. The lowest BCUT2D eigenvalue weighted by atomic mass is 10.2. The van der Waals surface area contributed by atoms with Gasteiger partial charge in [-0.3, -0.25) is 9.59 Å². The molecule has 1 fully saturated rings. The van der Waals surface area contributed by atoms with E-state index in [0.29, 0.717) is 36.8 Å². The Morgan fingerprint density at radius 3 is 2.58 bits per heavy atom. The third-order valence-electron chi connectivity index (χ3n) is 3.84. The highest BCUT2D eigenvalue weighted by molar-refractivity contribution is 5.94. The van der Waals surface area contributed by atoms with Gasteiger partial charge in [0.05, 0.1) is 13.7 Å². The molecule has 0 radical (unpaired) electrons. The Labute approximate surface area is 142 Å². The van der Waals surface area contributed by atoms with Crippen molar-refractivity contribution >= 4 is 11.8 Å². The van der Waals surface area contributed by atoms with Crippen molar-refractivity contribution in [1.29, 1.82) is 0 Å². The number of nitrogens with one attached hydrogen (secondary N) is 2. The molecule has 1 aromatic rings. The zero-order valence-corrected chi connectivity index (χ0v) is 14.4. The Morgan fingerprint density at radius 2 is 1.92 bits per heavy atom. The van der Waals surface area contributed by atoms with Crippen molar-refractivity contribution in [2.24, 2.45) is 5.92 Å². The Bertz CT molecular complexity index is 570. The van der Waals surface area contributed by atoms with E-state index in [1.165, 1.54) is 0 Å². The number of hydrogen-bond acceptors (Lipinski definition) is 4. The van der Waals surface area contributed by atoms with Crippen molar-refractivity contribution in [3.05, 3.63) is 23.8 Å². The minimum atomic E-state index is -0.200. The maximum absolute atomic E-state index is 12.2. The molecule has 0 aliphatic heterocycles. The van der Waals surface area contributed by atoms with E-state index in [2.05, 4.69) is 17.6 Å². The van der Waals surface area contributed by atoms with E-state index in [1.807, 2.05) is 0 Å². The van der Waals surface area contributed by atoms with Gasteiger partial charge in [-0.25, -0.2) is 0 Å². The summed E-state index contributed by atoms with van der Waals surface area (Å²) in [4.78, 5) is 23.6. The molecule has 2 rings (SSSR count). The van der Waals surface area contributed by atoms with E-state index in [9.17, 15) is 9.59 Å². The fourth-order valence-corrected chi connectivity index (χ4v) is 2.21. The summed E-state index contributed by atoms with van der Waals surface area (Å²) in [6, 6.07) is 5.12. The molecule has 0 saturated heterocycles. The Kier molecular flexibility index (Phi) is 6.90. The van der Waals surface area contributed by atoms with Crippen LogP contribution in [0, 0.1) is 5.92 Å². The fourth-order valence-electron chi connectivity index (χ4n) is 2.21. The van der Waals surface area contributed by atoms with Crippen LogP contribution in [0.5, 0.6) is 11.5 Å². The minimum absolute atomic E-state index is 0.0829. The molecule has 132 valence electrons. The number of benzene rings is 1. The molecule has 0 bridgehead atoms. The van der Waals surface area contributed by atoms with Crippen molar-refractivity contribution in [2.45, 2.75) is 32.6 Å². The number of methoxy groups -OCH3 is 1. The van der Waals surface area contributed by atoms with Gasteiger partial charge in [0.15, 0.2) is 11.5 Å². The Balaban J connectivity index is 1.80. The highest BCUT2D eigenvalue weighted by Crippen LogP contribution is 2.29. The molecular formula is C18H26N2O4. The molecule has 1 aliphatic carbocycles. The van der Waals surface area contributed by atoms with Gasteiger partial charge in [0.2, 0.25) is 5.91 Å². The quantitative estimate of drug-likeness (QED) is 0.643. The van der Waals surface area contributed by atoms with E-state index in [1.54, 1.807) is 25.3 Å². The van der Waals surface area contributed by atoms with E-state index in [4.69, 9.17) is 9.47 Å². The fraction of sp³-hybridized carbons (Fsp3) is 0.556. The first kappa shape index (κ1) is 18.1. The van der Waals surface area contributed by atoms with Crippen LogP contribution in [0.4, 0.5) is 0 Å². The second-order valence-corrected chi connectivity index (χ2v) is 5.89. The third-order valence-corrected chi connectivity index (χ3v) is 3.84. The largest absolute Gasteiger partial charge is 0.493 e. The smallest absolute Gasteiger partial charge is 0.251 e. The van der Waals surface area contributed by atoms with Gasteiger partial charge in [-0.2, -0.15) is 0 Å². The first-order chi connectivity index (χ1) is 11.7. The average Bonchev–Trinajstić information content (AvgIpc) is 3.43. The van der Waals surface area contributed by atoms with Crippen molar-refractivity contribution in [2.75, 3.05) is 26.8 Å². The number of rotatable bonds is 10. The predicted molar refractivity (Wildman–Crippen MR) is 91.5 cm³/mol. The van der Waals surface area contributed by atoms with Gasteiger partial charge < -0.3 is 20.1 Å². The van der Waals surface area contributed by atoms with Crippen LogP contribution < -0.4 is 20.1 Å². The molecular weight excluding hydrogens is 308 g/mol. The first-order valence-electron chi connectivity index (χ1n) is 8.52. The van der Waals surface area contributed by atoms with Crippen LogP contribution in [0.2, 0.25) is 0 Å². The third kappa shape index (κ3) is 5.44. The number of hydrogen-bond donors (Lipinski definition) is 2.